The molecular weight excluding hydrogens is 324 g/mol. The van der Waals surface area contributed by atoms with Crippen LogP contribution in [0.4, 0.5) is 5.13 Å². The molecule has 0 unspecified atom stereocenters. The van der Waals surface area contributed by atoms with Gasteiger partial charge >= 0.3 is 0 Å². The number of hydrogen-bond donors (Lipinski definition) is 1. The van der Waals surface area contributed by atoms with E-state index in [-0.39, 0.29) is 11.8 Å². The highest BCUT2D eigenvalue weighted by molar-refractivity contribution is 7.13. The zero-order chi connectivity index (χ0) is 16.9. The van der Waals surface area contributed by atoms with Gasteiger partial charge in [0, 0.05) is 49.1 Å². The number of nitrogens with one attached hydrogen (secondary N) is 1. The molecule has 0 saturated heterocycles. The maximum absolute atomic E-state index is 12.0. The lowest BCUT2D eigenvalue weighted by atomic mass is 10.2. The number of rotatable bonds is 6. The van der Waals surface area contributed by atoms with Crippen molar-refractivity contribution in [3.05, 3.63) is 42.1 Å². The van der Waals surface area contributed by atoms with Gasteiger partial charge in [-0.15, -0.1) is 11.3 Å². The normalized spacial score (nSPS) is 11.0. The van der Waals surface area contributed by atoms with Gasteiger partial charge in [-0.1, -0.05) is 13.8 Å². The summed E-state index contributed by atoms with van der Waals surface area (Å²) in [5, 5.41) is 5.22. The maximum atomic E-state index is 12.0. The lowest BCUT2D eigenvalue weighted by molar-refractivity contribution is -0.116. The summed E-state index contributed by atoms with van der Waals surface area (Å²) in [5.74, 6) is 1.69. The first-order valence-electron chi connectivity index (χ1n) is 7.67. The Labute approximate surface area is 143 Å². The molecule has 0 fully saturated rings. The molecule has 1 amide bonds. The highest BCUT2D eigenvalue weighted by Gasteiger charge is 2.12. The minimum absolute atomic E-state index is 0.0739. The molecule has 0 aliphatic heterocycles. The molecule has 24 heavy (non-hydrogen) atoms. The average molecular weight is 342 g/mol. The number of anilines is 1. The van der Waals surface area contributed by atoms with Gasteiger partial charge in [-0.25, -0.2) is 19.9 Å². The molecule has 0 spiro atoms. The lowest BCUT2D eigenvalue weighted by Crippen LogP contribution is -2.14. The Morgan fingerprint density at radius 2 is 2.12 bits per heavy atom. The third kappa shape index (κ3) is 3.83. The average Bonchev–Trinajstić information content (AvgIpc) is 3.24. The van der Waals surface area contributed by atoms with Gasteiger partial charge in [0.05, 0.1) is 0 Å². The van der Waals surface area contributed by atoms with E-state index >= 15 is 0 Å². The SMILES string of the molecule is CC(C)c1nccc(-c2nccn2CCC(=O)Nc2nccs2)n1. The highest BCUT2D eigenvalue weighted by Crippen LogP contribution is 2.18. The van der Waals surface area contributed by atoms with Crippen LogP contribution >= 0.6 is 11.3 Å². The van der Waals surface area contributed by atoms with Gasteiger partial charge in [-0.3, -0.25) is 4.79 Å². The molecule has 0 aliphatic carbocycles. The first-order valence-corrected chi connectivity index (χ1v) is 8.55. The van der Waals surface area contributed by atoms with E-state index in [0.717, 1.165) is 17.3 Å². The van der Waals surface area contributed by atoms with Gasteiger partial charge in [-0.05, 0) is 6.07 Å². The molecule has 3 aromatic heterocycles. The molecule has 3 rings (SSSR count). The summed E-state index contributed by atoms with van der Waals surface area (Å²) in [5.41, 5.74) is 0.763. The van der Waals surface area contributed by atoms with Crippen molar-refractivity contribution in [1.82, 2.24) is 24.5 Å². The zero-order valence-electron chi connectivity index (χ0n) is 13.5. The molecule has 3 aromatic rings. The third-order valence-corrected chi connectivity index (χ3v) is 4.08. The number of nitrogens with zero attached hydrogens (tertiary/aromatic N) is 5. The Hall–Kier alpha value is -2.61. The first kappa shape index (κ1) is 16.3. The molecule has 0 bridgehead atoms. The van der Waals surface area contributed by atoms with E-state index in [1.807, 2.05) is 22.2 Å². The van der Waals surface area contributed by atoms with Crippen LogP contribution in [-0.2, 0) is 11.3 Å². The summed E-state index contributed by atoms with van der Waals surface area (Å²) in [6, 6.07) is 1.83. The Kier molecular flexibility index (Phi) is 4.95. The number of carbonyl (C=O) groups is 1. The van der Waals surface area contributed by atoms with Crippen LogP contribution in [0.2, 0.25) is 0 Å². The van der Waals surface area contributed by atoms with Crippen LogP contribution in [0, 0.1) is 0 Å². The minimum atomic E-state index is -0.0739. The fraction of sp³-hybridized carbons (Fsp3) is 0.312. The van der Waals surface area contributed by atoms with Crippen LogP contribution < -0.4 is 5.32 Å². The highest BCUT2D eigenvalue weighted by atomic mass is 32.1. The Morgan fingerprint density at radius 3 is 2.88 bits per heavy atom. The van der Waals surface area contributed by atoms with Gasteiger partial charge in [0.2, 0.25) is 5.91 Å². The molecule has 1 N–H and O–H groups in total. The molecule has 7 nitrogen and oxygen atoms in total. The Bertz CT molecular complexity index is 812. The predicted octanol–water partition coefficient (Wildman–Crippen LogP) is 2.95. The summed E-state index contributed by atoms with van der Waals surface area (Å²) in [6.45, 7) is 4.62. The van der Waals surface area contributed by atoms with Crippen molar-refractivity contribution in [3.8, 4) is 11.5 Å². The van der Waals surface area contributed by atoms with Gasteiger partial charge in [0.25, 0.3) is 0 Å². The van der Waals surface area contributed by atoms with E-state index in [4.69, 9.17) is 0 Å². The summed E-state index contributed by atoms with van der Waals surface area (Å²) in [4.78, 5) is 29.2. The molecule has 0 atom stereocenters. The van der Waals surface area contributed by atoms with Crippen LogP contribution in [0.3, 0.4) is 0 Å². The number of hydrogen-bond acceptors (Lipinski definition) is 6. The van der Waals surface area contributed by atoms with Gasteiger partial charge < -0.3 is 9.88 Å². The number of aromatic nitrogens is 5. The van der Waals surface area contributed by atoms with E-state index in [1.54, 1.807) is 18.6 Å². The zero-order valence-corrected chi connectivity index (χ0v) is 14.3. The van der Waals surface area contributed by atoms with Crippen molar-refractivity contribution in [2.24, 2.45) is 0 Å². The van der Waals surface area contributed by atoms with Crippen molar-refractivity contribution in [2.75, 3.05) is 5.32 Å². The quantitative estimate of drug-likeness (QED) is 0.744. The van der Waals surface area contributed by atoms with Crippen LogP contribution in [0.5, 0.6) is 0 Å². The largest absolute Gasteiger partial charge is 0.329 e. The standard InChI is InChI=1S/C16H18N6OS/c1-11(2)14-17-5-3-12(20-14)15-18-6-9-22(15)8-4-13(23)21-16-19-7-10-24-16/h3,5-7,9-11H,4,8H2,1-2H3,(H,19,21,23). The summed E-state index contributed by atoms with van der Waals surface area (Å²) in [6.07, 6.45) is 7.31. The van der Waals surface area contributed by atoms with Crippen LogP contribution in [-0.4, -0.2) is 30.4 Å². The van der Waals surface area contributed by atoms with Crippen molar-refractivity contribution in [3.63, 3.8) is 0 Å². The van der Waals surface area contributed by atoms with E-state index in [1.165, 1.54) is 11.3 Å². The third-order valence-electron chi connectivity index (χ3n) is 3.39. The van der Waals surface area contributed by atoms with Crippen LogP contribution in [0.1, 0.15) is 32.0 Å². The number of amides is 1. The maximum Gasteiger partial charge on any atom is 0.227 e. The van der Waals surface area contributed by atoms with E-state index in [2.05, 4.69) is 39.1 Å². The molecule has 0 radical (unpaired) electrons. The molecule has 0 aliphatic rings. The fourth-order valence-electron chi connectivity index (χ4n) is 2.19. The second kappa shape index (κ2) is 7.31. The predicted molar refractivity (Wildman–Crippen MR) is 92.7 cm³/mol. The number of carbonyl (C=O) groups excluding carboxylic acids is 1. The van der Waals surface area contributed by atoms with Gasteiger partial charge in [0.15, 0.2) is 11.0 Å². The number of aryl methyl sites for hydroxylation is 1. The van der Waals surface area contributed by atoms with E-state index < -0.39 is 0 Å². The van der Waals surface area contributed by atoms with Crippen LogP contribution in [0.25, 0.3) is 11.5 Å². The lowest BCUT2D eigenvalue weighted by Gasteiger charge is -2.09. The Balaban J connectivity index is 1.69. The molecule has 124 valence electrons. The summed E-state index contributed by atoms with van der Waals surface area (Å²) >= 11 is 1.40. The number of imidazole rings is 1. The molecule has 3 heterocycles. The summed E-state index contributed by atoms with van der Waals surface area (Å²) in [7, 11) is 0. The minimum Gasteiger partial charge on any atom is -0.329 e. The molecule has 0 saturated carbocycles. The molecule has 8 heteroatoms. The summed E-state index contributed by atoms with van der Waals surface area (Å²) < 4.78 is 1.92. The monoisotopic (exact) mass is 342 g/mol. The van der Waals surface area contributed by atoms with Crippen molar-refractivity contribution < 1.29 is 4.79 Å². The van der Waals surface area contributed by atoms with Crippen molar-refractivity contribution in [2.45, 2.75) is 32.7 Å². The second-order valence-corrected chi connectivity index (χ2v) is 6.43. The smallest absolute Gasteiger partial charge is 0.227 e. The topological polar surface area (TPSA) is 85.6 Å². The van der Waals surface area contributed by atoms with E-state index in [0.29, 0.717) is 18.1 Å². The molecule has 0 aromatic carbocycles. The Morgan fingerprint density at radius 1 is 1.25 bits per heavy atom. The van der Waals surface area contributed by atoms with Crippen LogP contribution in [0.15, 0.2) is 36.2 Å². The first-order chi connectivity index (χ1) is 11.6. The van der Waals surface area contributed by atoms with Gasteiger partial charge in [0.1, 0.15) is 11.5 Å². The van der Waals surface area contributed by atoms with E-state index in [9.17, 15) is 4.79 Å². The van der Waals surface area contributed by atoms with Crippen molar-refractivity contribution >= 4 is 22.4 Å². The van der Waals surface area contributed by atoms with Gasteiger partial charge in [-0.2, -0.15) is 0 Å². The second-order valence-electron chi connectivity index (χ2n) is 5.53. The number of thiazole rings is 1. The fourth-order valence-corrected chi connectivity index (χ4v) is 2.73. The van der Waals surface area contributed by atoms with Crippen molar-refractivity contribution in [1.29, 1.82) is 0 Å². The molecular formula is C16H18N6OS.